The lowest BCUT2D eigenvalue weighted by Gasteiger charge is -2.07. The average molecular weight is 258 g/mol. The molecule has 2 heterocycles. The zero-order valence-electron chi connectivity index (χ0n) is 9.65. The highest BCUT2D eigenvalue weighted by molar-refractivity contribution is 7.99. The molecule has 6 heteroatoms. The Hall–Kier alpha value is -2.08. The Balaban J connectivity index is 2.04. The zero-order valence-corrected chi connectivity index (χ0v) is 10.5. The topological polar surface area (TPSA) is 52.3 Å². The number of ether oxygens (including phenoxy) is 1. The van der Waals surface area contributed by atoms with Gasteiger partial charge in [0, 0.05) is 6.20 Å². The van der Waals surface area contributed by atoms with E-state index in [0.717, 1.165) is 21.2 Å². The van der Waals surface area contributed by atoms with Crippen LogP contribution < -0.4 is 4.74 Å². The molecule has 2 aromatic heterocycles. The predicted molar refractivity (Wildman–Crippen MR) is 67.9 cm³/mol. The molecule has 0 N–H and O–H groups in total. The van der Waals surface area contributed by atoms with Crippen molar-refractivity contribution < 1.29 is 4.74 Å². The number of para-hydroxylation sites is 1. The molecule has 0 saturated heterocycles. The third-order valence-corrected chi connectivity index (χ3v) is 3.53. The van der Waals surface area contributed by atoms with E-state index in [-0.39, 0.29) is 0 Å². The maximum absolute atomic E-state index is 5.33. The first-order chi connectivity index (χ1) is 8.88. The molecule has 3 aromatic rings. The third kappa shape index (κ3) is 1.91. The molecule has 0 aliphatic heterocycles. The number of rotatable bonds is 3. The minimum Gasteiger partial charge on any atom is -0.496 e. The van der Waals surface area contributed by atoms with Crippen molar-refractivity contribution >= 4 is 17.4 Å². The number of methoxy groups -OCH3 is 1. The van der Waals surface area contributed by atoms with Gasteiger partial charge >= 0.3 is 0 Å². The van der Waals surface area contributed by atoms with Crippen molar-refractivity contribution in [1.29, 1.82) is 0 Å². The van der Waals surface area contributed by atoms with E-state index < -0.39 is 0 Å². The fourth-order valence-electron chi connectivity index (χ4n) is 1.63. The first-order valence-corrected chi connectivity index (χ1v) is 6.14. The van der Waals surface area contributed by atoms with Gasteiger partial charge in [-0.1, -0.05) is 23.9 Å². The molecule has 0 atom stereocenters. The van der Waals surface area contributed by atoms with Crippen LogP contribution in [0.3, 0.4) is 0 Å². The van der Waals surface area contributed by atoms with Gasteiger partial charge in [-0.25, -0.2) is 4.98 Å². The van der Waals surface area contributed by atoms with E-state index in [2.05, 4.69) is 15.2 Å². The fourth-order valence-corrected chi connectivity index (χ4v) is 2.61. The van der Waals surface area contributed by atoms with Crippen LogP contribution in [0.1, 0.15) is 0 Å². The van der Waals surface area contributed by atoms with Gasteiger partial charge in [0.15, 0.2) is 5.65 Å². The molecule has 0 aliphatic carbocycles. The maximum atomic E-state index is 5.33. The van der Waals surface area contributed by atoms with Gasteiger partial charge in [-0.15, -0.1) is 10.2 Å². The molecule has 0 bridgehead atoms. The van der Waals surface area contributed by atoms with E-state index in [1.807, 2.05) is 24.3 Å². The first kappa shape index (κ1) is 11.0. The summed E-state index contributed by atoms with van der Waals surface area (Å²) >= 11 is 1.56. The fraction of sp³-hybridized carbons (Fsp3) is 0.0833. The first-order valence-electron chi connectivity index (χ1n) is 5.32. The van der Waals surface area contributed by atoms with E-state index >= 15 is 0 Å². The second-order valence-corrected chi connectivity index (χ2v) is 4.66. The third-order valence-electron chi connectivity index (χ3n) is 2.47. The van der Waals surface area contributed by atoms with Gasteiger partial charge in [-0.3, -0.25) is 4.40 Å². The summed E-state index contributed by atoms with van der Waals surface area (Å²) in [4.78, 5) is 6.13. The van der Waals surface area contributed by atoms with Crippen LogP contribution >= 0.6 is 11.8 Å². The van der Waals surface area contributed by atoms with Crippen LogP contribution in [0.2, 0.25) is 0 Å². The largest absolute Gasteiger partial charge is 0.496 e. The molecule has 0 amide bonds. The van der Waals surface area contributed by atoms with E-state index in [4.69, 9.17) is 4.74 Å². The molecule has 1 aromatic carbocycles. The number of benzene rings is 1. The van der Waals surface area contributed by atoms with Gasteiger partial charge in [0.25, 0.3) is 0 Å². The molecule has 90 valence electrons. The number of fused-ring (bicyclic) bond motifs is 1. The van der Waals surface area contributed by atoms with Crippen LogP contribution in [0.25, 0.3) is 5.65 Å². The van der Waals surface area contributed by atoms with E-state index in [0.29, 0.717) is 0 Å². The van der Waals surface area contributed by atoms with Gasteiger partial charge in [0.05, 0.1) is 16.9 Å². The Kier molecular flexibility index (Phi) is 2.85. The van der Waals surface area contributed by atoms with Crippen LogP contribution in [-0.4, -0.2) is 26.7 Å². The van der Waals surface area contributed by atoms with Crippen molar-refractivity contribution in [2.75, 3.05) is 7.11 Å². The molecule has 0 unspecified atom stereocenters. The van der Waals surface area contributed by atoms with Crippen molar-refractivity contribution in [1.82, 2.24) is 19.6 Å². The quantitative estimate of drug-likeness (QED) is 0.721. The minimum absolute atomic E-state index is 0.793. The van der Waals surface area contributed by atoms with Crippen molar-refractivity contribution in [2.45, 2.75) is 9.79 Å². The monoisotopic (exact) mass is 258 g/mol. The highest BCUT2D eigenvalue weighted by Crippen LogP contribution is 2.35. The van der Waals surface area contributed by atoms with E-state index in [9.17, 15) is 0 Å². The standard InChI is InChI=1S/C12H10N4OS/c1-17-9-4-2-3-5-10(9)18-11-6-13-7-16-8-14-15-12(11)16/h2-8H,1H3. The van der Waals surface area contributed by atoms with Crippen LogP contribution in [0.5, 0.6) is 5.75 Å². The Labute approximate surface area is 108 Å². The highest BCUT2D eigenvalue weighted by atomic mass is 32.2. The molecule has 18 heavy (non-hydrogen) atoms. The molecule has 0 radical (unpaired) electrons. The summed E-state index contributed by atoms with van der Waals surface area (Å²) < 4.78 is 7.12. The van der Waals surface area contributed by atoms with Gasteiger partial charge in [0.1, 0.15) is 18.4 Å². The second-order valence-electron chi connectivity index (χ2n) is 3.57. The summed E-state index contributed by atoms with van der Waals surface area (Å²) in [5, 5.41) is 7.96. The van der Waals surface area contributed by atoms with Crippen LogP contribution in [0.4, 0.5) is 0 Å². The Morgan fingerprint density at radius 1 is 1.17 bits per heavy atom. The molecular formula is C12H10N4OS. The Bertz CT molecular complexity index is 682. The Morgan fingerprint density at radius 2 is 2.06 bits per heavy atom. The molecule has 0 fully saturated rings. The molecule has 0 saturated carbocycles. The van der Waals surface area contributed by atoms with Crippen LogP contribution in [-0.2, 0) is 0 Å². The van der Waals surface area contributed by atoms with Crippen LogP contribution in [0, 0.1) is 0 Å². The van der Waals surface area contributed by atoms with Gasteiger partial charge in [-0.2, -0.15) is 0 Å². The summed E-state index contributed by atoms with van der Waals surface area (Å²) in [5.74, 6) is 0.837. The second kappa shape index (κ2) is 4.66. The molecule has 0 spiro atoms. The molecule has 5 nitrogen and oxygen atoms in total. The molecule has 3 rings (SSSR count). The molecular weight excluding hydrogens is 248 g/mol. The van der Waals surface area contributed by atoms with Gasteiger partial charge in [0.2, 0.25) is 0 Å². The summed E-state index contributed by atoms with van der Waals surface area (Å²) in [6.45, 7) is 0. The average Bonchev–Trinajstić information content (AvgIpc) is 2.89. The summed E-state index contributed by atoms with van der Waals surface area (Å²) in [7, 11) is 1.66. The summed E-state index contributed by atoms with van der Waals surface area (Å²) in [6.07, 6.45) is 5.09. The zero-order chi connectivity index (χ0) is 12.4. The van der Waals surface area contributed by atoms with Crippen molar-refractivity contribution in [3.05, 3.63) is 43.1 Å². The minimum atomic E-state index is 0.793. The number of hydrogen-bond donors (Lipinski definition) is 0. The van der Waals surface area contributed by atoms with E-state index in [1.54, 1.807) is 42.1 Å². The lowest BCUT2D eigenvalue weighted by molar-refractivity contribution is 0.405. The van der Waals surface area contributed by atoms with Crippen molar-refractivity contribution in [3.8, 4) is 5.75 Å². The van der Waals surface area contributed by atoms with Gasteiger partial charge < -0.3 is 4.74 Å². The van der Waals surface area contributed by atoms with Crippen LogP contribution in [0.15, 0.2) is 52.9 Å². The predicted octanol–water partition coefficient (Wildman–Crippen LogP) is 2.28. The van der Waals surface area contributed by atoms with Crippen molar-refractivity contribution in [3.63, 3.8) is 0 Å². The highest BCUT2D eigenvalue weighted by Gasteiger charge is 2.09. The maximum Gasteiger partial charge on any atom is 0.177 e. The van der Waals surface area contributed by atoms with Crippen molar-refractivity contribution in [2.24, 2.45) is 0 Å². The Morgan fingerprint density at radius 3 is 2.94 bits per heavy atom. The summed E-state index contributed by atoms with van der Waals surface area (Å²) in [5.41, 5.74) is 0.793. The number of hydrogen-bond acceptors (Lipinski definition) is 5. The number of aromatic nitrogens is 4. The normalized spacial score (nSPS) is 10.7. The lowest BCUT2D eigenvalue weighted by atomic mass is 10.3. The SMILES string of the molecule is COc1ccccc1Sc1cncn2cnnc12. The smallest absolute Gasteiger partial charge is 0.177 e. The number of nitrogens with zero attached hydrogens (tertiary/aromatic N) is 4. The molecule has 0 aliphatic rings. The van der Waals surface area contributed by atoms with E-state index in [1.165, 1.54) is 0 Å². The lowest BCUT2D eigenvalue weighted by Crippen LogP contribution is -1.90. The van der Waals surface area contributed by atoms with Gasteiger partial charge in [-0.05, 0) is 12.1 Å². The summed E-state index contributed by atoms with van der Waals surface area (Å²) in [6, 6.07) is 7.85.